The van der Waals surface area contributed by atoms with Crippen LogP contribution in [0.4, 0.5) is 0 Å². The smallest absolute Gasteiger partial charge is 0.160 e. The fourth-order valence-electron chi connectivity index (χ4n) is 2.78. The van der Waals surface area contributed by atoms with Crippen LogP contribution >= 0.6 is 0 Å². The van der Waals surface area contributed by atoms with Gasteiger partial charge in [0, 0.05) is 19.1 Å². The zero-order valence-electron chi connectivity index (χ0n) is 15.9. The lowest BCUT2D eigenvalue weighted by atomic mass is 9.98. The fraction of sp³-hybridized carbons (Fsp3) is 1.00. The molecule has 0 fully saturated rings. The zero-order valence-corrected chi connectivity index (χ0v) is 15.9. The molecule has 22 heavy (non-hydrogen) atoms. The quantitative estimate of drug-likeness (QED) is 0.219. The Bertz CT molecular complexity index is 192. The van der Waals surface area contributed by atoms with Crippen molar-refractivity contribution in [3.63, 3.8) is 0 Å². The average Bonchev–Trinajstić information content (AvgIpc) is 2.54. The number of ether oxygens (including phenoxy) is 2. The third kappa shape index (κ3) is 12.5. The van der Waals surface area contributed by atoms with E-state index >= 15 is 0 Å². The molecule has 0 bridgehead atoms. The van der Waals surface area contributed by atoms with Crippen molar-refractivity contribution in [2.45, 2.75) is 111 Å². The van der Waals surface area contributed by atoms with E-state index in [2.05, 4.69) is 27.7 Å². The summed E-state index contributed by atoms with van der Waals surface area (Å²) in [5, 5.41) is 0. The van der Waals surface area contributed by atoms with Gasteiger partial charge in [0.25, 0.3) is 0 Å². The van der Waals surface area contributed by atoms with Crippen molar-refractivity contribution in [2.24, 2.45) is 5.92 Å². The van der Waals surface area contributed by atoms with Crippen molar-refractivity contribution in [3.05, 3.63) is 0 Å². The maximum Gasteiger partial charge on any atom is 0.160 e. The molecule has 0 aliphatic rings. The van der Waals surface area contributed by atoms with Crippen molar-refractivity contribution in [1.29, 1.82) is 0 Å². The summed E-state index contributed by atoms with van der Waals surface area (Å²) in [5.74, 6) is 0.567. The third-order valence-electron chi connectivity index (χ3n) is 4.40. The summed E-state index contributed by atoms with van der Waals surface area (Å²) in [6.45, 7) is 10.8. The van der Waals surface area contributed by atoms with Crippen LogP contribution in [0.3, 0.4) is 0 Å². The third-order valence-corrected chi connectivity index (χ3v) is 4.40. The second kappa shape index (κ2) is 17.3. The Hall–Kier alpha value is -0.0800. The van der Waals surface area contributed by atoms with Crippen LogP contribution in [0.1, 0.15) is 105 Å². The highest BCUT2D eigenvalue weighted by Gasteiger charge is 2.20. The van der Waals surface area contributed by atoms with Crippen molar-refractivity contribution >= 4 is 0 Å². The summed E-state index contributed by atoms with van der Waals surface area (Å²) < 4.78 is 12.2. The Kier molecular flexibility index (Phi) is 17.2. The minimum absolute atomic E-state index is 0.0276. The van der Waals surface area contributed by atoms with Crippen LogP contribution in [0.25, 0.3) is 0 Å². The minimum atomic E-state index is 0.0276. The van der Waals surface area contributed by atoms with E-state index in [0.717, 1.165) is 19.6 Å². The van der Waals surface area contributed by atoms with Crippen LogP contribution in [0, 0.1) is 5.92 Å². The van der Waals surface area contributed by atoms with Gasteiger partial charge in [-0.2, -0.15) is 0 Å². The molecular formula is C20H42O2. The van der Waals surface area contributed by atoms with Gasteiger partial charge >= 0.3 is 0 Å². The molecule has 0 spiro atoms. The summed E-state index contributed by atoms with van der Waals surface area (Å²) in [7, 11) is 0. The van der Waals surface area contributed by atoms with Gasteiger partial charge in [0.15, 0.2) is 6.29 Å². The predicted molar refractivity (Wildman–Crippen MR) is 97.3 cm³/mol. The zero-order chi connectivity index (χ0) is 16.5. The Morgan fingerprint density at radius 2 is 1.09 bits per heavy atom. The van der Waals surface area contributed by atoms with Gasteiger partial charge < -0.3 is 9.47 Å². The van der Waals surface area contributed by atoms with Crippen LogP contribution in [0.5, 0.6) is 0 Å². The molecule has 0 aromatic heterocycles. The molecule has 0 N–H and O–H groups in total. The SMILES string of the molecule is CCCCCCOC(OCCCCCC)C(CC)CCCC. The summed E-state index contributed by atoms with van der Waals surface area (Å²) in [5.41, 5.74) is 0. The number of hydrogen-bond acceptors (Lipinski definition) is 2. The normalized spacial score (nSPS) is 13.0. The van der Waals surface area contributed by atoms with Crippen LogP contribution in [-0.4, -0.2) is 19.5 Å². The Morgan fingerprint density at radius 3 is 1.50 bits per heavy atom. The second-order valence-corrected chi connectivity index (χ2v) is 6.54. The van der Waals surface area contributed by atoms with Crippen molar-refractivity contribution in [2.75, 3.05) is 13.2 Å². The maximum atomic E-state index is 6.12. The first kappa shape index (κ1) is 21.9. The minimum Gasteiger partial charge on any atom is -0.352 e. The standard InChI is InChI=1S/C20H42O2/c1-5-9-12-14-17-21-20(19(8-4)16-11-7-3)22-18-15-13-10-6-2/h19-20H,5-18H2,1-4H3. The topological polar surface area (TPSA) is 18.5 Å². The molecule has 0 saturated carbocycles. The highest BCUT2D eigenvalue weighted by Crippen LogP contribution is 2.21. The van der Waals surface area contributed by atoms with Crippen molar-refractivity contribution in [1.82, 2.24) is 0 Å². The van der Waals surface area contributed by atoms with Crippen molar-refractivity contribution < 1.29 is 9.47 Å². The highest BCUT2D eigenvalue weighted by molar-refractivity contribution is 4.62. The molecule has 2 heteroatoms. The first-order valence-corrected chi connectivity index (χ1v) is 10.0. The lowest BCUT2D eigenvalue weighted by Gasteiger charge is -2.27. The second-order valence-electron chi connectivity index (χ2n) is 6.54. The molecule has 0 amide bonds. The van der Waals surface area contributed by atoms with Gasteiger partial charge in [-0.15, -0.1) is 0 Å². The van der Waals surface area contributed by atoms with E-state index in [1.165, 1.54) is 70.6 Å². The maximum absolute atomic E-state index is 6.12. The Balaban J connectivity index is 4.09. The number of rotatable bonds is 17. The van der Waals surface area contributed by atoms with Crippen molar-refractivity contribution in [3.8, 4) is 0 Å². The van der Waals surface area contributed by atoms with Gasteiger partial charge in [0.1, 0.15) is 0 Å². The van der Waals surface area contributed by atoms with Gasteiger partial charge in [0.05, 0.1) is 0 Å². The molecule has 0 heterocycles. The van der Waals surface area contributed by atoms with E-state index in [-0.39, 0.29) is 6.29 Å². The molecule has 2 nitrogen and oxygen atoms in total. The lowest BCUT2D eigenvalue weighted by molar-refractivity contribution is -0.176. The van der Waals surface area contributed by atoms with Gasteiger partial charge in [-0.1, -0.05) is 79.1 Å². The van der Waals surface area contributed by atoms with Crippen LogP contribution in [0.15, 0.2) is 0 Å². The summed E-state index contributed by atoms with van der Waals surface area (Å²) in [4.78, 5) is 0. The molecule has 1 unspecified atom stereocenters. The molecule has 0 rings (SSSR count). The lowest BCUT2D eigenvalue weighted by Crippen LogP contribution is -2.28. The largest absolute Gasteiger partial charge is 0.352 e. The van der Waals surface area contributed by atoms with E-state index in [0.29, 0.717) is 5.92 Å². The molecule has 0 aromatic carbocycles. The van der Waals surface area contributed by atoms with Gasteiger partial charge in [-0.05, 0) is 25.7 Å². The molecule has 0 aromatic rings. The summed E-state index contributed by atoms with van der Waals surface area (Å²) in [6, 6.07) is 0. The summed E-state index contributed by atoms with van der Waals surface area (Å²) >= 11 is 0. The number of unbranched alkanes of at least 4 members (excludes halogenated alkanes) is 7. The van der Waals surface area contributed by atoms with E-state index in [9.17, 15) is 0 Å². The van der Waals surface area contributed by atoms with Crippen LogP contribution < -0.4 is 0 Å². The monoisotopic (exact) mass is 314 g/mol. The van der Waals surface area contributed by atoms with Gasteiger partial charge in [-0.3, -0.25) is 0 Å². The molecule has 0 aliphatic carbocycles. The van der Waals surface area contributed by atoms with Crippen LogP contribution in [0.2, 0.25) is 0 Å². The highest BCUT2D eigenvalue weighted by atomic mass is 16.7. The fourth-order valence-corrected chi connectivity index (χ4v) is 2.78. The molecule has 0 aliphatic heterocycles. The van der Waals surface area contributed by atoms with E-state index in [1.807, 2.05) is 0 Å². The van der Waals surface area contributed by atoms with E-state index in [1.54, 1.807) is 0 Å². The first-order chi connectivity index (χ1) is 10.8. The predicted octanol–water partition coefficient (Wildman–Crippen LogP) is 6.72. The van der Waals surface area contributed by atoms with Crippen LogP contribution in [-0.2, 0) is 9.47 Å². The van der Waals surface area contributed by atoms with E-state index < -0.39 is 0 Å². The molecule has 1 atom stereocenters. The van der Waals surface area contributed by atoms with Gasteiger partial charge in [0.2, 0.25) is 0 Å². The first-order valence-electron chi connectivity index (χ1n) is 10.0. The molecule has 0 saturated heterocycles. The number of hydrogen-bond donors (Lipinski definition) is 0. The Labute approximate surface area is 140 Å². The Morgan fingerprint density at radius 1 is 0.591 bits per heavy atom. The molecular weight excluding hydrogens is 272 g/mol. The summed E-state index contributed by atoms with van der Waals surface area (Å²) in [6.07, 6.45) is 15.1. The average molecular weight is 315 g/mol. The van der Waals surface area contributed by atoms with Gasteiger partial charge in [-0.25, -0.2) is 0 Å². The molecule has 0 radical (unpaired) electrons. The van der Waals surface area contributed by atoms with E-state index in [4.69, 9.17) is 9.47 Å². The molecule has 134 valence electrons.